The number of likely N-dealkylation sites (tertiary alicyclic amines) is 1. The minimum absolute atomic E-state index is 0.0812. The molecular weight excluding hydrogens is 379 g/mol. The molecule has 1 aromatic heterocycles. The van der Waals surface area contributed by atoms with Gasteiger partial charge in [0.15, 0.2) is 11.6 Å². The second-order valence-corrected chi connectivity index (χ2v) is 6.73. The molecule has 0 radical (unpaired) electrons. The molecule has 0 N–H and O–H groups in total. The number of carbonyl (C=O) groups excluding carboxylic acids is 2. The standard InChI is InChI=1S/C20H19FN4O4/c1-28-20(27)17-10-13(29-18-9-5-2-6-14(18)21)11-24(17)19(26)12-25-16-8-4-3-7-15(16)22-23-25/h2-9,13,17H,10-12H2,1H3/t13-,17+/m1/s1. The Kier molecular flexibility index (Phi) is 5.11. The number of fused-ring (bicyclic) bond motifs is 1. The molecule has 9 heteroatoms. The van der Waals surface area contributed by atoms with Gasteiger partial charge in [-0.2, -0.15) is 0 Å². The lowest BCUT2D eigenvalue weighted by atomic mass is 10.2. The van der Waals surface area contributed by atoms with Crippen molar-refractivity contribution in [3.8, 4) is 5.75 Å². The second-order valence-electron chi connectivity index (χ2n) is 6.73. The fraction of sp³-hybridized carbons (Fsp3) is 0.300. The van der Waals surface area contributed by atoms with E-state index in [4.69, 9.17) is 9.47 Å². The highest BCUT2D eigenvalue weighted by Crippen LogP contribution is 2.26. The Morgan fingerprint density at radius 2 is 1.93 bits per heavy atom. The van der Waals surface area contributed by atoms with E-state index in [9.17, 15) is 14.0 Å². The average molecular weight is 398 g/mol. The first-order chi connectivity index (χ1) is 14.1. The van der Waals surface area contributed by atoms with E-state index in [1.165, 1.54) is 28.8 Å². The number of amides is 1. The molecule has 3 aromatic rings. The average Bonchev–Trinajstić information content (AvgIpc) is 3.34. The fourth-order valence-corrected chi connectivity index (χ4v) is 3.49. The van der Waals surface area contributed by atoms with Crippen molar-refractivity contribution in [1.29, 1.82) is 0 Å². The molecule has 1 aliphatic rings. The summed E-state index contributed by atoms with van der Waals surface area (Å²) in [6.45, 7) is 0.0555. The Hall–Kier alpha value is -3.49. The predicted molar refractivity (Wildman–Crippen MR) is 100 cm³/mol. The van der Waals surface area contributed by atoms with Crippen molar-refractivity contribution in [2.75, 3.05) is 13.7 Å². The van der Waals surface area contributed by atoms with Gasteiger partial charge in [-0.05, 0) is 24.3 Å². The number of ether oxygens (including phenoxy) is 2. The van der Waals surface area contributed by atoms with Crippen molar-refractivity contribution in [2.45, 2.75) is 25.1 Å². The molecule has 8 nitrogen and oxygen atoms in total. The maximum Gasteiger partial charge on any atom is 0.328 e. The lowest BCUT2D eigenvalue weighted by molar-refractivity contribution is -0.151. The first-order valence-corrected chi connectivity index (χ1v) is 9.13. The van der Waals surface area contributed by atoms with Gasteiger partial charge in [-0.25, -0.2) is 13.9 Å². The summed E-state index contributed by atoms with van der Waals surface area (Å²) in [5.74, 6) is -1.28. The summed E-state index contributed by atoms with van der Waals surface area (Å²) in [7, 11) is 1.26. The van der Waals surface area contributed by atoms with Gasteiger partial charge in [0.2, 0.25) is 5.91 Å². The molecule has 0 unspecified atom stereocenters. The highest BCUT2D eigenvalue weighted by atomic mass is 19.1. The molecule has 2 heterocycles. The predicted octanol–water partition coefficient (Wildman–Crippen LogP) is 1.79. The van der Waals surface area contributed by atoms with Crippen molar-refractivity contribution in [1.82, 2.24) is 19.9 Å². The first-order valence-electron chi connectivity index (χ1n) is 9.13. The number of nitrogens with zero attached hydrogens (tertiary/aromatic N) is 4. The van der Waals surface area contributed by atoms with Crippen LogP contribution in [-0.2, 0) is 20.9 Å². The number of hydrogen-bond donors (Lipinski definition) is 0. The van der Waals surface area contributed by atoms with E-state index < -0.39 is 23.9 Å². The smallest absolute Gasteiger partial charge is 0.328 e. The maximum atomic E-state index is 13.9. The summed E-state index contributed by atoms with van der Waals surface area (Å²) in [6, 6.07) is 12.5. The number of aromatic nitrogens is 3. The largest absolute Gasteiger partial charge is 0.485 e. The van der Waals surface area contributed by atoms with Gasteiger partial charge < -0.3 is 14.4 Å². The van der Waals surface area contributed by atoms with Crippen molar-refractivity contribution in [3.63, 3.8) is 0 Å². The number of benzene rings is 2. The number of para-hydroxylation sites is 2. The molecule has 150 valence electrons. The molecule has 1 amide bonds. The van der Waals surface area contributed by atoms with Crippen LogP contribution in [0.4, 0.5) is 4.39 Å². The summed E-state index contributed by atoms with van der Waals surface area (Å²) in [5, 5.41) is 8.05. The molecule has 0 spiro atoms. The van der Waals surface area contributed by atoms with Crippen LogP contribution in [0.15, 0.2) is 48.5 Å². The van der Waals surface area contributed by atoms with Gasteiger partial charge in [0.05, 0.1) is 19.2 Å². The lowest BCUT2D eigenvalue weighted by Gasteiger charge is -2.22. The Balaban J connectivity index is 1.52. The monoisotopic (exact) mass is 398 g/mol. The van der Waals surface area contributed by atoms with Gasteiger partial charge in [-0.3, -0.25) is 4.79 Å². The van der Waals surface area contributed by atoms with E-state index in [0.29, 0.717) is 11.0 Å². The van der Waals surface area contributed by atoms with E-state index >= 15 is 0 Å². The zero-order valence-electron chi connectivity index (χ0n) is 15.7. The topological polar surface area (TPSA) is 86.5 Å². The number of halogens is 1. The Morgan fingerprint density at radius 1 is 1.17 bits per heavy atom. The Labute approximate surface area is 165 Å². The summed E-state index contributed by atoms with van der Waals surface area (Å²) in [5.41, 5.74) is 1.39. The second kappa shape index (κ2) is 7.86. The highest BCUT2D eigenvalue weighted by Gasteiger charge is 2.41. The third kappa shape index (κ3) is 3.75. The van der Waals surface area contributed by atoms with Crippen LogP contribution in [0.3, 0.4) is 0 Å². The van der Waals surface area contributed by atoms with Crippen molar-refractivity contribution >= 4 is 22.9 Å². The van der Waals surface area contributed by atoms with Crippen molar-refractivity contribution in [2.24, 2.45) is 0 Å². The molecule has 1 fully saturated rings. The highest BCUT2D eigenvalue weighted by molar-refractivity contribution is 5.86. The molecule has 0 aliphatic carbocycles. The first kappa shape index (κ1) is 18.9. The van der Waals surface area contributed by atoms with Gasteiger partial charge in [0.25, 0.3) is 0 Å². The minimum Gasteiger partial charge on any atom is -0.485 e. The summed E-state index contributed by atoms with van der Waals surface area (Å²) in [4.78, 5) is 26.6. The van der Waals surface area contributed by atoms with Crippen LogP contribution in [-0.4, -0.2) is 57.6 Å². The Morgan fingerprint density at radius 3 is 2.72 bits per heavy atom. The molecule has 0 bridgehead atoms. The molecular formula is C20H19FN4O4. The number of rotatable bonds is 5. The summed E-state index contributed by atoms with van der Waals surface area (Å²) < 4.78 is 25.9. The maximum absolute atomic E-state index is 13.9. The van der Waals surface area contributed by atoms with Gasteiger partial charge in [-0.1, -0.05) is 29.5 Å². The third-order valence-corrected chi connectivity index (χ3v) is 4.89. The van der Waals surface area contributed by atoms with E-state index in [1.807, 2.05) is 18.2 Å². The zero-order valence-corrected chi connectivity index (χ0v) is 15.7. The third-order valence-electron chi connectivity index (χ3n) is 4.89. The van der Waals surface area contributed by atoms with Crippen molar-refractivity contribution in [3.05, 3.63) is 54.3 Å². The van der Waals surface area contributed by atoms with Gasteiger partial charge in [0.1, 0.15) is 24.2 Å². The number of methoxy groups -OCH3 is 1. The molecule has 1 saturated heterocycles. The van der Waals surface area contributed by atoms with Crippen LogP contribution in [0.5, 0.6) is 5.75 Å². The van der Waals surface area contributed by atoms with Crippen LogP contribution in [0.1, 0.15) is 6.42 Å². The van der Waals surface area contributed by atoms with Crippen LogP contribution in [0.2, 0.25) is 0 Å². The summed E-state index contributed by atoms with van der Waals surface area (Å²) >= 11 is 0. The van der Waals surface area contributed by atoms with Crippen LogP contribution in [0.25, 0.3) is 11.0 Å². The van der Waals surface area contributed by atoms with E-state index in [2.05, 4.69) is 10.3 Å². The van der Waals surface area contributed by atoms with Gasteiger partial charge in [0, 0.05) is 6.42 Å². The number of esters is 1. The normalized spacial score (nSPS) is 18.8. The molecule has 4 rings (SSSR count). The van der Waals surface area contributed by atoms with E-state index in [1.54, 1.807) is 18.2 Å². The minimum atomic E-state index is -0.806. The van der Waals surface area contributed by atoms with Crippen molar-refractivity contribution < 1.29 is 23.5 Å². The zero-order chi connectivity index (χ0) is 20.4. The molecule has 1 aliphatic heterocycles. The van der Waals surface area contributed by atoms with Crippen LogP contribution in [0, 0.1) is 5.82 Å². The summed E-state index contributed by atoms with van der Waals surface area (Å²) in [6.07, 6.45) is -0.322. The molecule has 0 saturated carbocycles. The van der Waals surface area contributed by atoms with Crippen LogP contribution < -0.4 is 4.74 Å². The Bertz CT molecular complexity index is 1050. The fourth-order valence-electron chi connectivity index (χ4n) is 3.49. The van der Waals surface area contributed by atoms with E-state index in [0.717, 1.165) is 0 Å². The van der Waals surface area contributed by atoms with E-state index in [-0.39, 0.29) is 31.2 Å². The molecule has 29 heavy (non-hydrogen) atoms. The number of carbonyl (C=O) groups is 2. The number of hydrogen-bond acceptors (Lipinski definition) is 6. The molecule has 2 aromatic carbocycles. The lowest BCUT2D eigenvalue weighted by Crippen LogP contribution is -2.43. The quantitative estimate of drug-likeness (QED) is 0.609. The molecule has 2 atom stereocenters. The van der Waals surface area contributed by atoms with Crippen LogP contribution >= 0.6 is 0 Å². The van der Waals surface area contributed by atoms with Gasteiger partial charge >= 0.3 is 5.97 Å². The SMILES string of the molecule is COC(=O)[C@@H]1C[C@@H](Oc2ccccc2F)CN1C(=O)Cn1nnc2ccccc21. The van der Waals surface area contributed by atoms with Gasteiger partial charge in [-0.15, -0.1) is 5.10 Å².